The van der Waals surface area contributed by atoms with Crippen molar-refractivity contribution in [3.63, 3.8) is 0 Å². The third-order valence-corrected chi connectivity index (χ3v) is 3.85. The zero-order chi connectivity index (χ0) is 14.8. The number of nitrogens with one attached hydrogen (secondary N) is 1. The molecule has 1 heterocycles. The molecular formula is C15H18N2O2S. The van der Waals surface area contributed by atoms with Gasteiger partial charge < -0.3 is 10.4 Å². The molecule has 106 valence electrons. The number of hydrogen-bond acceptors (Lipinski definition) is 4. The number of carbonyl (C=O) groups excluding carboxylic acids is 1. The molecule has 4 nitrogen and oxygen atoms in total. The molecule has 0 aliphatic carbocycles. The van der Waals surface area contributed by atoms with Crippen LogP contribution in [0, 0.1) is 6.92 Å². The van der Waals surface area contributed by atoms with E-state index in [1.165, 1.54) is 0 Å². The molecular weight excluding hydrogens is 272 g/mol. The summed E-state index contributed by atoms with van der Waals surface area (Å²) in [5.41, 5.74) is 1.83. The van der Waals surface area contributed by atoms with E-state index in [1.54, 1.807) is 31.3 Å². The van der Waals surface area contributed by atoms with Crippen LogP contribution >= 0.6 is 11.3 Å². The molecule has 0 radical (unpaired) electrons. The first kappa shape index (κ1) is 14.7. The van der Waals surface area contributed by atoms with Crippen molar-refractivity contribution in [2.24, 2.45) is 0 Å². The Morgan fingerprint density at radius 2 is 2.20 bits per heavy atom. The molecule has 1 aromatic carbocycles. The standard InChI is InChI=1S/C15H18N2O2S/c1-10-8-20-14(16-10)12-6-4-5-11(7-12)13(19)17-15(2,3)9-18/h4-8,18H,9H2,1-3H3,(H,17,19). The molecule has 1 aromatic heterocycles. The largest absolute Gasteiger partial charge is 0.394 e. The molecule has 1 amide bonds. The maximum atomic E-state index is 12.2. The number of nitrogens with zero attached hydrogens (tertiary/aromatic N) is 1. The van der Waals surface area contributed by atoms with Crippen molar-refractivity contribution in [3.8, 4) is 10.6 Å². The number of carbonyl (C=O) groups is 1. The van der Waals surface area contributed by atoms with Gasteiger partial charge in [0.1, 0.15) is 5.01 Å². The summed E-state index contributed by atoms with van der Waals surface area (Å²) < 4.78 is 0. The van der Waals surface area contributed by atoms with Crippen molar-refractivity contribution < 1.29 is 9.90 Å². The van der Waals surface area contributed by atoms with Gasteiger partial charge in [-0.25, -0.2) is 4.98 Å². The summed E-state index contributed by atoms with van der Waals surface area (Å²) in [6.07, 6.45) is 0. The fourth-order valence-corrected chi connectivity index (χ4v) is 2.49. The molecule has 0 unspecified atom stereocenters. The zero-order valence-electron chi connectivity index (χ0n) is 11.8. The van der Waals surface area contributed by atoms with Gasteiger partial charge in [-0.2, -0.15) is 0 Å². The number of benzene rings is 1. The van der Waals surface area contributed by atoms with Crippen LogP contribution in [0.1, 0.15) is 29.9 Å². The van der Waals surface area contributed by atoms with E-state index in [1.807, 2.05) is 30.5 Å². The van der Waals surface area contributed by atoms with Crippen LogP contribution in [0.3, 0.4) is 0 Å². The topological polar surface area (TPSA) is 62.2 Å². The second-order valence-electron chi connectivity index (χ2n) is 5.37. The van der Waals surface area contributed by atoms with E-state index in [9.17, 15) is 9.90 Å². The summed E-state index contributed by atoms with van der Waals surface area (Å²) in [4.78, 5) is 16.6. The van der Waals surface area contributed by atoms with Gasteiger partial charge in [-0.3, -0.25) is 4.79 Å². The van der Waals surface area contributed by atoms with E-state index in [0.717, 1.165) is 16.3 Å². The maximum Gasteiger partial charge on any atom is 0.251 e. The van der Waals surface area contributed by atoms with E-state index in [0.29, 0.717) is 5.56 Å². The Morgan fingerprint density at radius 3 is 2.80 bits per heavy atom. The van der Waals surface area contributed by atoms with Crippen LogP contribution in [0.2, 0.25) is 0 Å². The SMILES string of the molecule is Cc1csc(-c2cccc(C(=O)NC(C)(C)CO)c2)n1. The van der Waals surface area contributed by atoms with E-state index in [2.05, 4.69) is 10.3 Å². The molecule has 0 saturated carbocycles. The molecule has 2 aromatic rings. The van der Waals surface area contributed by atoms with E-state index in [4.69, 9.17) is 0 Å². The fraction of sp³-hybridized carbons (Fsp3) is 0.333. The van der Waals surface area contributed by atoms with Crippen LogP contribution in [-0.2, 0) is 0 Å². The van der Waals surface area contributed by atoms with Crippen LogP contribution < -0.4 is 5.32 Å². The van der Waals surface area contributed by atoms with Crippen molar-refractivity contribution in [3.05, 3.63) is 40.9 Å². The summed E-state index contributed by atoms with van der Waals surface area (Å²) >= 11 is 1.56. The average Bonchev–Trinajstić information content (AvgIpc) is 2.85. The lowest BCUT2D eigenvalue weighted by Gasteiger charge is -2.23. The molecule has 0 bridgehead atoms. The van der Waals surface area contributed by atoms with E-state index in [-0.39, 0.29) is 12.5 Å². The van der Waals surface area contributed by atoms with Crippen molar-refractivity contribution in [2.45, 2.75) is 26.3 Å². The average molecular weight is 290 g/mol. The highest BCUT2D eigenvalue weighted by atomic mass is 32.1. The summed E-state index contributed by atoms with van der Waals surface area (Å²) in [6, 6.07) is 7.35. The number of thiazole rings is 1. The third-order valence-electron chi connectivity index (χ3n) is 2.84. The number of aliphatic hydroxyl groups is 1. The Bertz CT molecular complexity index is 620. The third kappa shape index (κ3) is 3.43. The molecule has 0 fully saturated rings. The Labute approximate surface area is 122 Å². The van der Waals surface area contributed by atoms with E-state index < -0.39 is 5.54 Å². The first-order valence-corrected chi connectivity index (χ1v) is 7.25. The van der Waals surface area contributed by atoms with Crippen molar-refractivity contribution in [2.75, 3.05) is 6.61 Å². The summed E-state index contributed by atoms with van der Waals surface area (Å²) in [5, 5.41) is 14.9. The Hall–Kier alpha value is -1.72. The van der Waals surface area contributed by atoms with Gasteiger partial charge in [-0.1, -0.05) is 12.1 Å². The molecule has 2 N–H and O–H groups in total. The Balaban J connectivity index is 2.24. The molecule has 0 saturated heterocycles. The van der Waals surface area contributed by atoms with Gasteiger partial charge in [-0.05, 0) is 32.9 Å². The van der Waals surface area contributed by atoms with Gasteiger partial charge in [-0.15, -0.1) is 11.3 Å². The molecule has 0 aliphatic heterocycles. The van der Waals surface area contributed by atoms with Gasteiger partial charge in [0.25, 0.3) is 5.91 Å². The van der Waals surface area contributed by atoms with Crippen molar-refractivity contribution in [1.29, 1.82) is 0 Å². The summed E-state index contributed by atoms with van der Waals surface area (Å²) in [7, 11) is 0. The molecule has 0 atom stereocenters. The predicted molar refractivity (Wildman–Crippen MR) is 80.9 cm³/mol. The van der Waals surface area contributed by atoms with Crippen LogP contribution in [0.15, 0.2) is 29.6 Å². The minimum atomic E-state index is -0.634. The zero-order valence-corrected chi connectivity index (χ0v) is 12.6. The normalized spacial score (nSPS) is 11.4. The van der Waals surface area contributed by atoms with Crippen LogP contribution in [0.25, 0.3) is 10.6 Å². The number of rotatable bonds is 4. The van der Waals surface area contributed by atoms with Crippen LogP contribution in [0.4, 0.5) is 0 Å². The van der Waals surface area contributed by atoms with Gasteiger partial charge in [0.2, 0.25) is 0 Å². The van der Waals surface area contributed by atoms with Crippen LogP contribution in [-0.4, -0.2) is 28.1 Å². The smallest absolute Gasteiger partial charge is 0.251 e. The highest BCUT2D eigenvalue weighted by molar-refractivity contribution is 7.13. The monoisotopic (exact) mass is 290 g/mol. The number of aliphatic hydroxyl groups excluding tert-OH is 1. The highest BCUT2D eigenvalue weighted by Crippen LogP contribution is 2.24. The lowest BCUT2D eigenvalue weighted by atomic mass is 10.1. The van der Waals surface area contributed by atoms with Gasteiger partial charge >= 0.3 is 0 Å². The minimum Gasteiger partial charge on any atom is -0.394 e. The lowest BCUT2D eigenvalue weighted by molar-refractivity contribution is 0.0869. The molecule has 20 heavy (non-hydrogen) atoms. The number of hydrogen-bond donors (Lipinski definition) is 2. The van der Waals surface area contributed by atoms with Crippen LogP contribution in [0.5, 0.6) is 0 Å². The van der Waals surface area contributed by atoms with Gasteiger partial charge in [0.15, 0.2) is 0 Å². The van der Waals surface area contributed by atoms with Gasteiger partial charge in [0, 0.05) is 22.2 Å². The Kier molecular flexibility index (Phi) is 4.20. The number of amides is 1. The Morgan fingerprint density at radius 1 is 1.45 bits per heavy atom. The fourth-order valence-electron chi connectivity index (χ4n) is 1.70. The quantitative estimate of drug-likeness (QED) is 0.910. The predicted octanol–water partition coefficient (Wildman–Crippen LogP) is 2.62. The molecule has 2 rings (SSSR count). The second-order valence-corrected chi connectivity index (χ2v) is 6.23. The summed E-state index contributed by atoms with van der Waals surface area (Å²) in [6.45, 7) is 5.39. The van der Waals surface area contributed by atoms with E-state index >= 15 is 0 Å². The minimum absolute atomic E-state index is 0.107. The first-order chi connectivity index (χ1) is 9.41. The second kappa shape index (κ2) is 5.73. The van der Waals surface area contributed by atoms with Crippen molar-refractivity contribution >= 4 is 17.2 Å². The molecule has 0 aliphatic rings. The molecule has 5 heteroatoms. The number of aryl methyl sites for hydroxylation is 1. The highest BCUT2D eigenvalue weighted by Gasteiger charge is 2.20. The summed E-state index contributed by atoms with van der Waals surface area (Å²) in [5.74, 6) is -0.195. The number of aromatic nitrogens is 1. The molecule has 0 spiro atoms. The first-order valence-electron chi connectivity index (χ1n) is 6.37. The van der Waals surface area contributed by atoms with Crippen molar-refractivity contribution in [1.82, 2.24) is 10.3 Å². The lowest BCUT2D eigenvalue weighted by Crippen LogP contribution is -2.46. The van der Waals surface area contributed by atoms with Gasteiger partial charge in [0.05, 0.1) is 12.1 Å². The maximum absolute atomic E-state index is 12.2.